The normalized spacial score (nSPS) is 13.8. The number of fused-ring (bicyclic) bond motifs is 1. The van der Waals surface area contributed by atoms with E-state index in [1.807, 2.05) is 55.5 Å². The van der Waals surface area contributed by atoms with E-state index in [-0.39, 0.29) is 5.91 Å². The summed E-state index contributed by atoms with van der Waals surface area (Å²) in [4.78, 5) is 17.2. The van der Waals surface area contributed by atoms with E-state index in [1.54, 1.807) is 0 Å². The summed E-state index contributed by atoms with van der Waals surface area (Å²) in [5.41, 5.74) is 3.38. The summed E-state index contributed by atoms with van der Waals surface area (Å²) in [7, 11) is 0. The van der Waals surface area contributed by atoms with Gasteiger partial charge < -0.3 is 0 Å². The van der Waals surface area contributed by atoms with Crippen LogP contribution >= 0.6 is 11.3 Å². The Morgan fingerprint density at radius 3 is 2.74 bits per heavy atom. The highest BCUT2D eigenvalue weighted by Gasteiger charge is 2.27. The van der Waals surface area contributed by atoms with E-state index in [1.165, 1.54) is 24.2 Å². The van der Waals surface area contributed by atoms with E-state index >= 15 is 0 Å². The zero-order chi connectivity index (χ0) is 18.4. The van der Waals surface area contributed by atoms with E-state index in [2.05, 4.69) is 25.1 Å². The average molecular weight is 375 g/mol. The maximum Gasteiger partial charge on any atom is 0.257 e. The molecule has 4 aromatic rings. The molecular formula is C20H17N5OS. The van der Waals surface area contributed by atoms with Gasteiger partial charge in [-0.15, -0.1) is 10.2 Å². The molecule has 0 aliphatic heterocycles. The predicted molar refractivity (Wildman–Crippen MR) is 106 cm³/mol. The third kappa shape index (κ3) is 3.00. The number of nitrogens with zero attached hydrogens (tertiary/aromatic N) is 4. The van der Waals surface area contributed by atoms with E-state index in [4.69, 9.17) is 0 Å². The highest BCUT2D eigenvalue weighted by molar-refractivity contribution is 7.15. The first-order chi connectivity index (χ1) is 13.2. The molecule has 134 valence electrons. The lowest BCUT2D eigenvalue weighted by atomic mass is 10.2. The van der Waals surface area contributed by atoms with Crippen LogP contribution in [0.1, 0.15) is 39.9 Å². The number of carbonyl (C=O) groups excluding carboxylic acids is 1. The minimum Gasteiger partial charge on any atom is -0.297 e. The highest BCUT2D eigenvalue weighted by atomic mass is 32.1. The summed E-state index contributed by atoms with van der Waals surface area (Å²) < 4.78 is 2.09. The fourth-order valence-corrected chi connectivity index (χ4v) is 4.10. The number of imidazole rings is 1. The van der Waals surface area contributed by atoms with Crippen LogP contribution in [0.2, 0.25) is 0 Å². The van der Waals surface area contributed by atoms with Crippen molar-refractivity contribution in [2.24, 2.45) is 0 Å². The van der Waals surface area contributed by atoms with Crippen molar-refractivity contribution in [2.45, 2.75) is 25.7 Å². The molecule has 27 heavy (non-hydrogen) atoms. The van der Waals surface area contributed by atoms with Crippen LogP contribution in [-0.4, -0.2) is 25.7 Å². The van der Waals surface area contributed by atoms with Crippen LogP contribution in [-0.2, 0) is 0 Å². The molecule has 1 saturated carbocycles. The van der Waals surface area contributed by atoms with Crippen molar-refractivity contribution in [2.75, 3.05) is 5.32 Å². The Hall–Kier alpha value is -3.06. The molecule has 2 aromatic carbocycles. The highest BCUT2D eigenvalue weighted by Crippen LogP contribution is 2.42. The lowest BCUT2D eigenvalue weighted by Gasteiger charge is -2.07. The van der Waals surface area contributed by atoms with Crippen molar-refractivity contribution in [3.8, 4) is 5.69 Å². The molecule has 2 aromatic heterocycles. The summed E-state index contributed by atoms with van der Waals surface area (Å²) in [5, 5.41) is 12.7. The quantitative estimate of drug-likeness (QED) is 0.577. The molecule has 2 heterocycles. The average Bonchev–Trinajstić information content (AvgIpc) is 3.34. The number of para-hydroxylation sites is 1. The van der Waals surface area contributed by atoms with Crippen molar-refractivity contribution < 1.29 is 4.79 Å². The van der Waals surface area contributed by atoms with E-state index < -0.39 is 0 Å². The van der Waals surface area contributed by atoms with Crippen LogP contribution in [0.15, 0.2) is 48.5 Å². The van der Waals surface area contributed by atoms with Gasteiger partial charge in [0, 0.05) is 17.2 Å². The maximum atomic E-state index is 12.6. The van der Waals surface area contributed by atoms with Crippen LogP contribution in [0.4, 0.5) is 5.13 Å². The third-order valence-electron chi connectivity index (χ3n) is 4.69. The molecule has 0 spiro atoms. The lowest BCUT2D eigenvalue weighted by molar-refractivity contribution is 0.102. The number of rotatable bonds is 4. The number of aryl methyl sites for hydroxylation is 1. The molecule has 0 unspecified atom stereocenters. The Morgan fingerprint density at radius 1 is 1.15 bits per heavy atom. The second kappa shape index (κ2) is 6.28. The van der Waals surface area contributed by atoms with Gasteiger partial charge in [0.2, 0.25) is 5.13 Å². The summed E-state index contributed by atoms with van der Waals surface area (Å²) in [6, 6.07) is 15.7. The number of carbonyl (C=O) groups is 1. The molecule has 0 bridgehead atoms. The van der Waals surface area contributed by atoms with E-state index in [0.29, 0.717) is 16.6 Å². The van der Waals surface area contributed by atoms with Crippen molar-refractivity contribution in [3.05, 3.63) is 64.9 Å². The number of nitrogens with one attached hydrogen (secondary N) is 1. The van der Waals surface area contributed by atoms with Crippen molar-refractivity contribution >= 4 is 33.4 Å². The topological polar surface area (TPSA) is 72.7 Å². The van der Waals surface area contributed by atoms with Crippen LogP contribution in [0.3, 0.4) is 0 Å². The lowest BCUT2D eigenvalue weighted by Crippen LogP contribution is -2.11. The van der Waals surface area contributed by atoms with Crippen LogP contribution in [0.5, 0.6) is 0 Å². The standard InChI is InChI=1S/C20H17N5OS/c1-12-21-16-11-14(9-10-17(16)25(12)15-5-3-2-4-6-15)18(26)22-20-24-23-19(27-20)13-7-8-13/h2-6,9-11,13H,7-8H2,1H3,(H,22,24,26). The molecule has 5 rings (SSSR count). The molecule has 0 radical (unpaired) electrons. The summed E-state index contributed by atoms with van der Waals surface area (Å²) in [6.45, 7) is 1.97. The number of aromatic nitrogens is 4. The second-order valence-electron chi connectivity index (χ2n) is 6.71. The molecular weight excluding hydrogens is 358 g/mol. The number of anilines is 1. The fourth-order valence-electron chi connectivity index (χ4n) is 3.19. The molecule has 1 amide bonds. The van der Waals surface area contributed by atoms with Crippen molar-refractivity contribution in [1.29, 1.82) is 0 Å². The third-order valence-corrected chi connectivity index (χ3v) is 5.69. The van der Waals surface area contributed by atoms with E-state index in [9.17, 15) is 4.79 Å². The van der Waals surface area contributed by atoms with Gasteiger partial charge in [0.1, 0.15) is 10.8 Å². The molecule has 1 aliphatic carbocycles. The molecule has 1 N–H and O–H groups in total. The number of hydrogen-bond donors (Lipinski definition) is 1. The molecule has 0 saturated heterocycles. The van der Waals surface area contributed by atoms with Gasteiger partial charge in [-0.3, -0.25) is 14.7 Å². The Morgan fingerprint density at radius 2 is 1.96 bits per heavy atom. The zero-order valence-electron chi connectivity index (χ0n) is 14.7. The number of hydrogen-bond acceptors (Lipinski definition) is 5. The molecule has 0 atom stereocenters. The zero-order valence-corrected chi connectivity index (χ0v) is 15.5. The first-order valence-corrected chi connectivity index (χ1v) is 9.70. The Balaban J connectivity index is 1.44. The van der Waals surface area contributed by atoms with Gasteiger partial charge in [-0.05, 0) is 50.1 Å². The van der Waals surface area contributed by atoms with Crippen LogP contribution in [0, 0.1) is 6.92 Å². The van der Waals surface area contributed by atoms with Gasteiger partial charge in [0.05, 0.1) is 11.0 Å². The Bertz CT molecular complexity index is 1140. The smallest absolute Gasteiger partial charge is 0.257 e. The summed E-state index contributed by atoms with van der Waals surface area (Å²) in [5.74, 6) is 1.23. The van der Waals surface area contributed by atoms with Gasteiger partial charge in [-0.1, -0.05) is 29.5 Å². The van der Waals surface area contributed by atoms with Crippen LogP contribution in [0.25, 0.3) is 16.7 Å². The number of benzene rings is 2. The monoisotopic (exact) mass is 375 g/mol. The minimum atomic E-state index is -0.192. The number of amides is 1. The molecule has 6 nitrogen and oxygen atoms in total. The largest absolute Gasteiger partial charge is 0.297 e. The first-order valence-electron chi connectivity index (χ1n) is 8.88. The predicted octanol–water partition coefficient (Wildman–Crippen LogP) is 4.32. The van der Waals surface area contributed by atoms with Gasteiger partial charge >= 0.3 is 0 Å². The molecule has 1 aliphatic rings. The van der Waals surface area contributed by atoms with Gasteiger partial charge in [0.25, 0.3) is 5.91 Å². The van der Waals surface area contributed by atoms with Gasteiger partial charge in [0.15, 0.2) is 0 Å². The first kappa shape index (κ1) is 16.1. The van der Waals surface area contributed by atoms with Gasteiger partial charge in [-0.2, -0.15) is 0 Å². The van der Waals surface area contributed by atoms with E-state index in [0.717, 1.165) is 27.6 Å². The Kier molecular flexibility index (Phi) is 3.75. The van der Waals surface area contributed by atoms with Crippen molar-refractivity contribution in [3.63, 3.8) is 0 Å². The SMILES string of the molecule is Cc1nc2cc(C(=O)Nc3nnc(C4CC4)s3)ccc2n1-c1ccccc1. The van der Waals surface area contributed by atoms with Gasteiger partial charge in [-0.25, -0.2) is 4.98 Å². The summed E-state index contributed by atoms with van der Waals surface area (Å²) >= 11 is 1.46. The van der Waals surface area contributed by atoms with Crippen LogP contribution < -0.4 is 5.32 Å². The minimum absolute atomic E-state index is 0.192. The van der Waals surface area contributed by atoms with Crippen molar-refractivity contribution in [1.82, 2.24) is 19.7 Å². The second-order valence-corrected chi connectivity index (χ2v) is 7.72. The Labute approximate surface area is 159 Å². The molecule has 1 fully saturated rings. The fraction of sp³-hybridized carbons (Fsp3) is 0.200. The summed E-state index contributed by atoms with van der Waals surface area (Å²) in [6.07, 6.45) is 2.34. The molecule has 7 heteroatoms. The maximum absolute atomic E-state index is 12.6.